The number of rotatable bonds is 3. The Balaban J connectivity index is 2.01. The molecule has 1 heterocycles. The molecule has 1 aromatic heterocycles. The maximum Gasteiger partial charge on any atom is 0.199 e. The monoisotopic (exact) mass is 346 g/mol. The summed E-state index contributed by atoms with van der Waals surface area (Å²) in [7, 11) is -3.67. The zero-order valence-electron chi connectivity index (χ0n) is 11.8. The Morgan fingerprint density at radius 2 is 1.70 bits per heavy atom. The second-order valence-corrected chi connectivity index (χ2v) is 7.09. The number of halogens is 1. The first-order valence-electron chi connectivity index (χ1n) is 6.67. The molecule has 116 valence electrons. The quantitative estimate of drug-likeness (QED) is 0.721. The van der Waals surface area contributed by atoms with Crippen LogP contribution in [0.2, 0.25) is 5.02 Å². The second-order valence-electron chi connectivity index (χ2n) is 4.82. The summed E-state index contributed by atoms with van der Waals surface area (Å²) in [5, 5.41) is 1.83. The van der Waals surface area contributed by atoms with Crippen molar-refractivity contribution >= 4 is 38.5 Å². The smallest absolute Gasteiger partial charge is 0.199 e. The van der Waals surface area contributed by atoms with Crippen molar-refractivity contribution in [1.82, 2.24) is 0 Å². The molecule has 0 amide bonds. The molecule has 0 aliphatic heterocycles. The molecule has 2 aromatic carbocycles. The Morgan fingerprint density at radius 1 is 1.00 bits per heavy atom. The molecule has 0 radical (unpaired) electrons. The molecule has 0 N–H and O–H groups in total. The van der Waals surface area contributed by atoms with E-state index < -0.39 is 9.84 Å². The number of hydrogen-bond acceptors (Lipinski definition) is 4. The molecule has 3 rings (SSSR count). The lowest BCUT2D eigenvalue weighted by atomic mass is 10.2. The average molecular weight is 347 g/mol. The first kappa shape index (κ1) is 15.5. The minimum absolute atomic E-state index is 0.100. The van der Waals surface area contributed by atoms with Gasteiger partial charge in [0.1, 0.15) is 11.8 Å². The van der Waals surface area contributed by atoms with E-state index in [4.69, 9.17) is 16.0 Å². The van der Waals surface area contributed by atoms with Gasteiger partial charge in [-0.2, -0.15) is 0 Å². The van der Waals surface area contributed by atoms with E-state index in [9.17, 15) is 13.2 Å². The van der Waals surface area contributed by atoms with Crippen molar-refractivity contribution in [1.29, 1.82) is 0 Å². The minimum Gasteiger partial charge on any atom is -0.463 e. The van der Waals surface area contributed by atoms with Gasteiger partial charge < -0.3 is 4.42 Å². The molecule has 0 fully saturated rings. The van der Waals surface area contributed by atoms with E-state index in [1.165, 1.54) is 36.6 Å². The molecule has 6 heteroatoms. The lowest BCUT2D eigenvalue weighted by Gasteiger charge is -2.00. The van der Waals surface area contributed by atoms with Crippen LogP contribution in [0.4, 0.5) is 0 Å². The van der Waals surface area contributed by atoms with Gasteiger partial charge in [0.15, 0.2) is 15.3 Å². The largest absolute Gasteiger partial charge is 0.463 e. The van der Waals surface area contributed by atoms with Gasteiger partial charge in [0.2, 0.25) is 0 Å². The third-order valence-corrected chi connectivity index (χ3v) is 4.95. The molecule has 23 heavy (non-hydrogen) atoms. The third-order valence-electron chi connectivity index (χ3n) is 3.28. The Bertz CT molecular complexity index is 1050. The van der Waals surface area contributed by atoms with Crippen molar-refractivity contribution in [3.05, 3.63) is 81.0 Å². The predicted octanol–water partition coefficient (Wildman–Crippen LogP) is 3.89. The van der Waals surface area contributed by atoms with Crippen LogP contribution >= 0.6 is 11.6 Å². The van der Waals surface area contributed by atoms with Crippen LogP contribution in [-0.2, 0) is 9.84 Å². The highest BCUT2D eigenvalue weighted by Crippen LogP contribution is 2.17. The fourth-order valence-corrected chi connectivity index (χ4v) is 3.20. The normalized spacial score (nSPS) is 12.0. The summed E-state index contributed by atoms with van der Waals surface area (Å²) in [6.07, 6.45) is 2.49. The molecule has 0 aliphatic rings. The molecule has 0 aliphatic carbocycles. The van der Waals surface area contributed by atoms with Gasteiger partial charge in [-0.25, -0.2) is 8.42 Å². The third kappa shape index (κ3) is 3.21. The summed E-state index contributed by atoms with van der Waals surface area (Å²) in [4.78, 5) is 12.4. The van der Waals surface area contributed by atoms with Crippen LogP contribution in [0.1, 0.15) is 5.56 Å². The van der Waals surface area contributed by atoms with Crippen molar-refractivity contribution < 1.29 is 12.8 Å². The van der Waals surface area contributed by atoms with Gasteiger partial charge in [-0.3, -0.25) is 4.79 Å². The standard InChI is InChI=1S/C17H11ClO4S/c18-13-5-7-14(8-6-13)23(20,21)10-9-12-11-22-16-4-2-1-3-15(16)17(12)19/h1-11H. The Labute approximate surface area is 137 Å². The van der Waals surface area contributed by atoms with Crippen LogP contribution in [0.3, 0.4) is 0 Å². The maximum absolute atomic E-state index is 12.3. The number of fused-ring (bicyclic) bond motifs is 1. The van der Waals surface area contributed by atoms with Crippen LogP contribution < -0.4 is 5.43 Å². The van der Waals surface area contributed by atoms with Gasteiger partial charge >= 0.3 is 0 Å². The van der Waals surface area contributed by atoms with Crippen molar-refractivity contribution in [2.45, 2.75) is 4.90 Å². The van der Waals surface area contributed by atoms with Crippen LogP contribution in [0, 0.1) is 0 Å². The zero-order valence-corrected chi connectivity index (χ0v) is 13.3. The molecule has 0 saturated heterocycles. The summed E-state index contributed by atoms with van der Waals surface area (Å²) >= 11 is 5.74. The van der Waals surface area contributed by atoms with E-state index >= 15 is 0 Å². The lowest BCUT2D eigenvalue weighted by Crippen LogP contribution is -2.05. The maximum atomic E-state index is 12.3. The van der Waals surface area contributed by atoms with Crippen molar-refractivity contribution in [2.24, 2.45) is 0 Å². The molecule has 0 spiro atoms. The molecule has 0 bridgehead atoms. The number of benzene rings is 2. The van der Waals surface area contributed by atoms with Gasteiger partial charge in [-0.05, 0) is 42.5 Å². The van der Waals surface area contributed by atoms with Crippen molar-refractivity contribution in [3.8, 4) is 0 Å². The van der Waals surface area contributed by atoms with E-state index in [1.807, 2.05) is 0 Å². The fourth-order valence-electron chi connectivity index (χ4n) is 2.07. The lowest BCUT2D eigenvalue weighted by molar-refractivity contribution is 0.601. The summed E-state index contributed by atoms with van der Waals surface area (Å²) < 4.78 is 29.8. The van der Waals surface area contributed by atoms with E-state index in [0.717, 1.165) is 5.41 Å². The topological polar surface area (TPSA) is 64.3 Å². The van der Waals surface area contributed by atoms with Gasteiger partial charge in [0, 0.05) is 10.4 Å². The highest BCUT2D eigenvalue weighted by atomic mass is 35.5. The highest BCUT2D eigenvalue weighted by Gasteiger charge is 2.11. The van der Waals surface area contributed by atoms with Crippen LogP contribution in [0.5, 0.6) is 0 Å². The minimum atomic E-state index is -3.67. The molecular weight excluding hydrogens is 336 g/mol. The summed E-state index contributed by atoms with van der Waals surface area (Å²) in [5.41, 5.74) is 0.339. The predicted molar refractivity (Wildman–Crippen MR) is 90.2 cm³/mol. The Morgan fingerprint density at radius 3 is 2.43 bits per heavy atom. The number of hydrogen-bond donors (Lipinski definition) is 0. The van der Waals surface area contributed by atoms with Crippen molar-refractivity contribution in [2.75, 3.05) is 0 Å². The molecule has 4 nitrogen and oxygen atoms in total. The van der Waals surface area contributed by atoms with Crippen LogP contribution in [0.25, 0.3) is 17.0 Å². The van der Waals surface area contributed by atoms with E-state index in [0.29, 0.717) is 16.0 Å². The molecule has 0 saturated carbocycles. The number of sulfone groups is 1. The zero-order chi connectivity index (χ0) is 16.4. The molecule has 3 aromatic rings. The van der Waals surface area contributed by atoms with Gasteiger partial charge in [-0.1, -0.05) is 23.7 Å². The van der Waals surface area contributed by atoms with Gasteiger partial charge in [0.05, 0.1) is 15.8 Å². The SMILES string of the molecule is O=c1c(C=CS(=O)(=O)c2ccc(Cl)cc2)coc2ccccc12. The molecule has 0 unspecified atom stereocenters. The summed E-state index contributed by atoms with van der Waals surface area (Å²) in [6.45, 7) is 0. The first-order chi connectivity index (χ1) is 11.0. The van der Waals surface area contributed by atoms with Crippen molar-refractivity contribution in [3.63, 3.8) is 0 Å². The average Bonchev–Trinajstić information content (AvgIpc) is 2.55. The summed E-state index contributed by atoms with van der Waals surface area (Å²) in [5.74, 6) is 0. The number of para-hydroxylation sites is 1. The van der Waals surface area contributed by atoms with Crippen LogP contribution in [0.15, 0.2) is 74.3 Å². The summed E-state index contributed by atoms with van der Waals surface area (Å²) in [6, 6.07) is 12.6. The van der Waals surface area contributed by atoms with E-state index in [1.54, 1.807) is 24.3 Å². The van der Waals surface area contributed by atoms with Gasteiger partial charge in [-0.15, -0.1) is 0 Å². The van der Waals surface area contributed by atoms with Crippen LogP contribution in [-0.4, -0.2) is 8.42 Å². The fraction of sp³-hybridized carbons (Fsp3) is 0. The first-order valence-corrected chi connectivity index (χ1v) is 8.59. The second kappa shape index (κ2) is 6.02. The van der Waals surface area contributed by atoms with E-state index in [2.05, 4.69) is 0 Å². The Kier molecular flexibility index (Phi) is 4.07. The molecular formula is C17H11ClO4S. The highest BCUT2D eigenvalue weighted by molar-refractivity contribution is 7.94. The van der Waals surface area contributed by atoms with Gasteiger partial charge in [0.25, 0.3) is 0 Å². The van der Waals surface area contributed by atoms with E-state index in [-0.39, 0.29) is 15.9 Å². The Hall–Kier alpha value is -2.37. The molecule has 0 atom stereocenters.